The molecule has 0 aromatic carbocycles. The molecule has 0 bridgehead atoms. The number of allylic oxidation sites excluding steroid dienone is 8. The zero-order valence-electron chi connectivity index (χ0n) is 35.2. The van der Waals surface area contributed by atoms with E-state index in [1.165, 1.54) is 77.0 Å². The summed E-state index contributed by atoms with van der Waals surface area (Å²) in [6.07, 6.45) is 47.1. The van der Waals surface area contributed by atoms with Crippen molar-refractivity contribution in [2.75, 3.05) is 26.4 Å². The Morgan fingerprint density at radius 2 is 1.00 bits per heavy atom. The van der Waals surface area contributed by atoms with E-state index in [1.54, 1.807) is 0 Å². The lowest BCUT2D eigenvalue weighted by molar-refractivity contribution is -0.161. The molecule has 0 amide bonds. The number of ether oxygens (including phenoxy) is 2. The van der Waals surface area contributed by atoms with Crippen LogP contribution in [0.15, 0.2) is 48.6 Å². The van der Waals surface area contributed by atoms with Crippen LogP contribution in [-0.2, 0) is 32.7 Å². The van der Waals surface area contributed by atoms with Crippen molar-refractivity contribution in [1.82, 2.24) is 0 Å². The number of esters is 2. The van der Waals surface area contributed by atoms with Crippen molar-refractivity contribution in [3.63, 3.8) is 0 Å². The molecule has 0 saturated heterocycles. The molecular formula is C45H82NO8P. The largest absolute Gasteiger partial charge is 0.472 e. The number of hydrogen-bond donors (Lipinski definition) is 2. The minimum atomic E-state index is -4.38. The monoisotopic (exact) mass is 796 g/mol. The van der Waals surface area contributed by atoms with Crippen LogP contribution in [0.1, 0.15) is 194 Å². The van der Waals surface area contributed by atoms with Crippen LogP contribution in [0.25, 0.3) is 0 Å². The third-order valence-corrected chi connectivity index (χ3v) is 10.2. The van der Waals surface area contributed by atoms with Crippen molar-refractivity contribution in [2.45, 2.75) is 200 Å². The first-order valence-electron chi connectivity index (χ1n) is 22.1. The fourth-order valence-corrected chi connectivity index (χ4v) is 6.74. The molecule has 2 atom stereocenters. The van der Waals surface area contributed by atoms with E-state index in [0.29, 0.717) is 6.42 Å². The lowest BCUT2D eigenvalue weighted by Gasteiger charge is -2.19. The molecular weight excluding hydrogens is 713 g/mol. The minimum Gasteiger partial charge on any atom is -0.462 e. The maximum absolute atomic E-state index is 12.6. The van der Waals surface area contributed by atoms with Crippen molar-refractivity contribution in [3.05, 3.63) is 48.6 Å². The van der Waals surface area contributed by atoms with Crippen LogP contribution < -0.4 is 5.73 Å². The third kappa shape index (κ3) is 41.4. The molecule has 0 aromatic heterocycles. The average molecular weight is 796 g/mol. The van der Waals surface area contributed by atoms with Crippen LogP contribution in [0.4, 0.5) is 0 Å². The van der Waals surface area contributed by atoms with Gasteiger partial charge < -0.3 is 20.1 Å². The quantitative estimate of drug-likeness (QED) is 0.0268. The van der Waals surface area contributed by atoms with Gasteiger partial charge in [0.15, 0.2) is 6.10 Å². The fraction of sp³-hybridized carbons (Fsp3) is 0.778. The highest BCUT2D eigenvalue weighted by Crippen LogP contribution is 2.43. The Bertz CT molecular complexity index is 1040. The van der Waals surface area contributed by atoms with Crippen LogP contribution in [0.5, 0.6) is 0 Å². The lowest BCUT2D eigenvalue weighted by Crippen LogP contribution is -2.29. The van der Waals surface area contributed by atoms with Crippen molar-refractivity contribution in [2.24, 2.45) is 5.73 Å². The van der Waals surface area contributed by atoms with E-state index in [9.17, 15) is 19.0 Å². The van der Waals surface area contributed by atoms with Gasteiger partial charge in [-0.2, -0.15) is 0 Å². The van der Waals surface area contributed by atoms with Gasteiger partial charge in [0, 0.05) is 19.4 Å². The molecule has 0 aromatic rings. The summed E-state index contributed by atoms with van der Waals surface area (Å²) in [5.74, 6) is -0.841. The van der Waals surface area contributed by atoms with Gasteiger partial charge in [-0.3, -0.25) is 18.6 Å². The number of carbonyl (C=O) groups is 2. The Balaban J connectivity index is 4.16. The Morgan fingerprint density at radius 3 is 1.49 bits per heavy atom. The van der Waals surface area contributed by atoms with Gasteiger partial charge in [-0.15, -0.1) is 0 Å². The van der Waals surface area contributed by atoms with Crippen molar-refractivity contribution >= 4 is 19.8 Å². The van der Waals surface area contributed by atoms with Gasteiger partial charge in [0.05, 0.1) is 13.2 Å². The van der Waals surface area contributed by atoms with Gasteiger partial charge in [-0.05, 0) is 51.4 Å². The molecule has 0 aliphatic rings. The van der Waals surface area contributed by atoms with Crippen molar-refractivity contribution in [1.29, 1.82) is 0 Å². The summed E-state index contributed by atoms with van der Waals surface area (Å²) >= 11 is 0. The molecule has 0 radical (unpaired) electrons. The molecule has 0 fully saturated rings. The number of nitrogens with two attached hydrogens (primary N) is 1. The Hall–Kier alpha value is -2.03. The fourth-order valence-electron chi connectivity index (χ4n) is 5.98. The summed E-state index contributed by atoms with van der Waals surface area (Å²) in [6.45, 7) is 3.61. The van der Waals surface area contributed by atoms with E-state index < -0.39 is 26.5 Å². The van der Waals surface area contributed by atoms with Crippen LogP contribution in [0.3, 0.4) is 0 Å². The molecule has 0 aliphatic heterocycles. The van der Waals surface area contributed by atoms with Crippen LogP contribution in [0.2, 0.25) is 0 Å². The number of carbonyl (C=O) groups excluding carboxylic acids is 2. The molecule has 0 heterocycles. The predicted octanol–water partition coefficient (Wildman–Crippen LogP) is 12.7. The summed E-state index contributed by atoms with van der Waals surface area (Å²) in [6, 6.07) is 0. The first kappa shape index (κ1) is 53.0. The van der Waals surface area contributed by atoms with Crippen molar-refractivity contribution in [3.8, 4) is 0 Å². The zero-order chi connectivity index (χ0) is 40.3. The molecule has 0 spiro atoms. The van der Waals surface area contributed by atoms with Gasteiger partial charge >= 0.3 is 19.8 Å². The summed E-state index contributed by atoms with van der Waals surface area (Å²) in [7, 11) is -4.38. The third-order valence-electron chi connectivity index (χ3n) is 9.23. The summed E-state index contributed by atoms with van der Waals surface area (Å²) < 4.78 is 32.8. The van der Waals surface area contributed by atoms with Crippen LogP contribution >= 0.6 is 7.82 Å². The molecule has 0 rings (SSSR count). The summed E-state index contributed by atoms with van der Waals surface area (Å²) in [4.78, 5) is 34.9. The molecule has 9 nitrogen and oxygen atoms in total. The highest BCUT2D eigenvalue weighted by molar-refractivity contribution is 7.47. The standard InChI is InChI=1S/C45H82NO8P/c1-3-5-7-9-11-13-15-17-19-20-21-22-24-26-28-30-32-34-36-38-45(48)54-43(42-53-55(49,50)52-40-39-46)41-51-44(47)37-35-33-31-29-27-25-23-18-16-14-12-10-8-6-4-2/h5,7,11,13,17,19,21-22,43H,3-4,6,8-10,12,14-16,18,20,23-42,46H2,1-2H3,(H,49,50)/b7-5-,13-11-,19-17-,22-21-. The Kier molecular flexibility index (Phi) is 40.1. The predicted molar refractivity (Wildman–Crippen MR) is 229 cm³/mol. The van der Waals surface area contributed by atoms with Gasteiger partial charge in [0.1, 0.15) is 6.61 Å². The Morgan fingerprint density at radius 1 is 0.564 bits per heavy atom. The number of rotatable bonds is 41. The van der Waals surface area contributed by atoms with E-state index in [2.05, 4.69) is 62.5 Å². The van der Waals surface area contributed by atoms with E-state index >= 15 is 0 Å². The van der Waals surface area contributed by atoms with E-state index in [1.807, 2.05) is 0 Å². The summed E-state index contributed by atoms with van der Waals surface area (Å²) in [5, 5.41) is 0. The highest BCUT2D eigenvalue weighted by Gasteiger charge is 2.26. The smallest absolute Gasteiger partial charge is 0.462 e. The van der Waals surface area contributed by atoms with Crippen LogP contribution in [0, 0.1) is 0 Å². The second-order valence-corrected chi connectivity index (χ2v) is 16.0. The zero-order valence-corrected chi connectivity index (χ0v) is 36.0. The Labute approximate surface area is 336 Å². The number of unbranched alkanes of at least 4 members (excludes halogenated alkanes) is 20. The topological polar surface area (TPSA) is 134 Å². The van der Waals surface area contributed by atoms with Gasteiger partial charge in [0.2, 0.25) is 0 Å². The molecule has 0 saturated carbocycles. The average Bonchev–Trinajstić information content (AvgIpc) is 3.17. The number of phosphoric acid groups is 1. The van der Waals surface area contributed by atoms with Gasteiger partial charge in [-0.25, -0.2) is 4.57 Å². The first-order valence-corrected chi connectivity index (χ1v) is 23.6. The maximum atomic E-state index is 12.6. The molecule has 0 aliphatic carbocycles. The summed E-state index contributed by atoms with van der Waals surface area (Å²) in [5.41, 5.74) is 5.35. The second kappa shape index (κ2) is 41.6. The second-order valence-electron chi connectivity index (χ2n) is 14.5. The number of phosphoric ester groups is 1. The van der Waals surface area contributed by atoms with Gasteiger partial charge in [0.25, 0.3) is 0 Å². The number of hydrogen-bond acceptors (Lipinski definition) is 8. The van der Waals surface area contributed by atoms with E-state index in [0.717, 1.165) is 83.5 Å². The molecule has 55 heavy (non-hydrogen) atoms. The van der Waals surface area contributed by atoms with Crippen LogP contribution in [-0.4, -0.2) is 49.3 Å². The van der Waals surface area contributed by atoms with Crippen molar-refractivity contribution < 1.29 is 37.6 Å². The van der Waals surface area contributed by atoms with E-state index in [4.69, 9.17) is 24.3 Å². The molecule has 10 heteroatoms. The maximum Gasteiger partial charge on any atom is 0.472 e. The van der Waals surface area contributed by atoms with E-state index in [-0.39, 0.29) is 38.6 Å². The highest BCUT2D eigenvalue weighted by atomic mass is 31.2. The lowest BCUT2D eigenvalue weighted by atomic mass is 10.0. The molecule has 320 valence electrons. The molecule has 3 N–H and O–H groups in total. The first-order chi connectivity index (χ1) is 26.8. The van der Waals surface area contributed by atoms with Gasteiger partial charge in [-0.1, -0.05) is 178 Å². The minimum absolute atomic E-state index is 0.0501. The SMILES string of the molecule is CC/C=C\C/C=C\C/C=C\C/C=C\CCCCCCCCC(=O)OC(COC(=O)CCCCCCCCCCCCCCCCC)COP(=O)(O)OCCN. The normalized spacial score (nSPS) is 13.7. The molecule has 2 unspecified atom stereocenters.